The van der Waals surface area contributed by atoms with Gasteiger partial charge in [0.2, 0.25) is 5.91 Å². The van der Waals surface area contributed by atoms with Crippen molar-refractivity contribution in [2.75, 3.05) is 26.1 Å². The predicted molar refractivity (Wildman–Crippen MR) is 146 cm³/mol. The van der Waals surface area contributed by atoms with Crippen molar-refractivity contribution in [2.24, 2.45) is 0 Å². The van der Waals surface area contributed by atoms with Gasteiger partial charge in [-0.2, -0.15) is 0 Å². The first-order chi connectivity index (χ1) is 15.9. The molecular weight excluding hydrogens is 571 g/mol. The molecule has 9 heteroatoms. The maximum atomic E-state index is 12.8. The van der Waals surface area contributed by atoms with Crippen LogP contribution in [0.3, 0.4) is 0 Å². The number of thiocarbonyl (C=S) groups is 1. The minimum absolute atomic E-state index is 0.000430. The van der Waals surface area contributed by atoms with Crippen molar-refractivity contribution in [1.82, 2.24) is 4.90 Å². The number of amides is 2. The first kappa shape index (κ1) is 25.5. The van der Waals surface area contributed by atoms with Crippen molar-refractivity contribution in [3.63, 3.8) is 0 Å². The summed E-state index contributed by atoms with van der Waals surface area (Å²) in [5.41, 5.74) is 1.65. The van der Waals surface area contributed by atoms with Crippen LogP contribution >= 0.6 is 46.6 Å². The number of halogens is 1. The highest BCUT2D eigenvalue weighted by atomic mass is 127. The third kappa shape index (κ3) is 7.18. The first-order valence-electron chi connectivity index (χ1n) is 10.4. The van der Waals surface area contributed by atoms with Crippen LogP contribution in [-0.4, -0.2) is 41.8 Å². The molecule has 1 N–H and O–H groups in total. The number of unbranched alkanes of at least 4 members (excludes halogenated alkanes) is 2. The molecule has 1 fully saturated rings. The fraction of sp³-hybridized carbons (Fsp3) is 0.292. The van der Waals surface area contributed by atoms with E-state index in [2.05, 4.69) is 27.9 Å². The molecule has 0 radical (unpaired) electrons. The van der Waals surface area contributed by atoms with Crippen LogP contribution in [0.5, 0.6) is 11.5 Å². The largest absolute Gasteiger partial charge is 0.493 e. The topological polar surface area (TPSA) is 67.9 Å². The van der Waals surface area contributed by atoms with E-state index in [1.165, 1.54) is 11.8 Å². The molecule has 0 aliphatic carbocycles. The Morgan fingerprint density at radius 3 is 2.64 bits per heavy atom. The van der Waals surface area contributed by atoms with Crippen LogP contribution in [0.25, 0.3) is 6.08 Å². The average Bonchev–Trinajstić information content (AvgIpc) is 3.05. The van der Waals surface area contributed by atoms with Gasteiger partial charge in [-0.3, -0.25) is 14.5 Å². The molecule has 1 saturated heterocycles. The summed E-state index contributed by atoms with van der Waals surface area (Å²) >= 11 is 8.94. The molecular formula is C24H25IN2O4S2. The number of nitrogens with one attached hydrogen (secondary N) is 1. The van der Waals surface area contributed by atoms with E-state index in [4.69, 9.17) is 21.7 Å². The Morgan fingerprint density at radius 1 is 1.12 bits per heavy atom. The molecule has 174 valence electrons. The number of rotatable bonds is 10. The molecule has 2 aromatic carbocycles. The molecule has 1 heterocycles. The van der Waals surface area contributed by atoms with E-state index in [1.807, 2.05) is 42.5 Å². The number of hydrogen-bond acceptors (Lipinski definition) is 6. The molecule has 0 unspecified atom stereocenters. The van der Waals surface area contributed by atoms with Crippen LogP contribution in [0.15, 0.2) is 47.4 Å². The second-order valence-corrected chi connectivity index (χ2v) is 10.2. The highest BCUT2D eigenvalue weighted by Crippen LogP contribution is 2.34. The normalized spacial score (nSPS) is 14.6. The minimum atomic E-state index is -0.0868. The van der Waals surface area contributed by atoms with E-state index in [9.17, 15) is 9.59 Å². The fourth-order valence-corrected chi connectivity index (χ4v) is 5.16. The minimum Gasteiger partial charge on any atom is -0.493 e. The molecule has 0 atom stereocenters. The Balaban J connectivity index is 1.46. The lowest BCUT2D eigenvalue weighted by Crippen LogP contribution is -2.29. The third-order valence-electron chi connectivity index (χ3n) is 4.97. The number of ether oxygens (including phenoxy) is 2. The lowest BCUT2D eigenvalue weighted by molar-refractivity contribution is -0.122. The van der Waals surface area contributed by atoms with Crippen LogP contribution in [0.4, 0.5) is 5.69 Å². The van der Waals surface area contributed by atoms with Gasteiger partial charge in [0.1, 0.15) is 4.32 Å². The summed E-state index contributed by atoms with van der Waals surface area (Å²) in [7, 11) is 3.16. The Bertz CT molecular complexity index is 1070. The van der Waals surface area contributed by atoms with Gasteiger partial charge in [-0.25, -0.2) is 0 Å². The molecule has 2 amide bonds. The first-order valence-corrected chi connectivity index (χ1v) is 12.7. The SMILES string of the molecule is COc1ccc(C=C2SC(=S)N(CCCCCC(=O)Nc3cccc(I)c3)C2=O)cc1OC. The van der Waals surface area contributed by atoms with Gasteiger partial charge in [-0.05, 0) is 77.4 Å². The molecule has 33 heavy (non-hydrogen) atoms. The predicted octanol–water partition coefficient (Wildman–Crippen LogP) is 5.71. The van der Waals surface area contributed by atoms with Crippen LogP contribution in [0, 0.1) is 3.57 Å². The van der Waals surface area contributed by atoms with Crippen molar-refractivity contribution >= 4 is 74.5 Å². The molecule has 0 bridgehead atoms. The lowest BCUT2D eigenvalue weighted by Gasteiger charge is -2.14. The van der Waals surface area contributed by atoms with E-state index in [1.54, 1.807) is 25.2 Å². The molecule has 0 aromatic heterocycles. The van der Waals surface area contributed by atoms with E-state index >= 15 is 0 Å². The maximum absolute atomic E-state index is 12.8. The van der Waals surface area contributed by atoms with Gasteiger partial charge < -0.3 is 14.8 Å². The standard InChI is InChI=1S/C24H25IN2O4S2/c1-30-19-11-10-16(13-20(19)31-2)14-21-23(29)27(24(32)33-21)12-5-3-4-9-22(28)26-18-8-6-7-17(25)15-18/h6-8,10-11,13-15H,3-5,9,12H2,1-2H3,(H,26,28). The molecule has 1 aliphatic rings. The summed E-state index contributed by atoms with van der Waals surface area (Å²) in [5.74, 6) is 1.15. The molecule has 0 spiro atoms. The van der Waals surface area contributed by atoms with E-state index in [0.29, 0.717) is 33.7 Å². The van der Waals surface area contributed by atoms with Crippen molar-refractivity contribution in [2.45, 2.75) is 25.7 Å². The maximum Gasteiger partial charge on any atom is 0.266 e. The lowest BCUT2D eigenvalue weighted by atomic mass is 10.1. The molecule has 6 nitrogen and oxygen atoms in total. The van der Waals surface area contributed by atoms with Gasteiger partial charge in [0.25, 0.3) is 5.91 Å². The van der Waals surface area contributed by atoms with E-state index in [0.717, 1.165) is 34.1 Å². The number of anilines is 1. The Kier molecular flexibility index (Phi) is 9.57. The number of carbonyl (C=O) groups excluding carboxylic acids is 2. The molecule has 1 aliphatic heterocycles. The van der Waals surface area contributed by atoms with E-state index < -0.39 is 0 Å². The van der Waals surface area contributed by atoms with Gasteiger partial charge in [0.05, 0.1) is 19.1 Å². The number of carbonyl (C=O) groups is 2. The monoisotopic (exact) mass is 596 g/mol. The third-order valence-corrected chi connectivity index (χ3v) is 7.02. The van der Waals surface area contributed by atoms with Crippen molar-refractivity contribution in [3.05, 3.63) is 56.5 Å². The summed E-state index contributed by atoms with van der Waals surface area (Å²) in [5, 5.41) is 2.92. The van der Waals surface area contributed by atoms with Gasteiger partial charge in [-0.1, -0.05) is 42.5 Å². The number of benzene rings is 2. The zero-order chi connectivity index (χ0) is 23.8. The molecule has 2 aromatic rings. The summed E-state index contributed by atoms with van der Waals surface area (Å²) in [6.45, 7) is 0.548. The Morgan fingerprint density at radius 2 is 1.91 bits per heavy atom. The van der Waals surface area contributed by atoms with Gasteiger partial charge in [0.15, 0.2) is 11.5 Å². The quantitative estimate of drug-likeness (QED) is 0.164. The van der Waals surface area contributed by atoms with Crippen LogP contribution in [0.1, 0.15) is 31.2 Å². The number of nitrogens with zero attached hydrogens (tertiary/aromatic N) is 1. The Hall–Kier alpha value is -2.11. The number of methoxy groups -OCH3 is 2. The fourth-order valence-electron chi connectivity index (χ4n) is 3.31. The zero-order valence-corrected chi connectivity index (χ0v) is 22.2. The molecule has 0 saturated carbocycles. The molecule has 3 rings (SSSR count). The summed E-state index contributed by atoms with van der Waals surface area (Å²) < 4.78 is 12.2. The van der Waals surface area contributed by atoms with Crippen LogP contribution in [-0.2, 0) is 9.59 Å². The van der Waals surface area contributed by atoms with Crippen LogP contribution < -0.4 is 14.8 Å². The second kappa shape index (κ2) is 12.4. The highest BCUT2D eigenvalue weighted by molar-refractivity contribution is 14.1. The van der Waals surface area contributed by atoms with Crippen LogP contribution in [0.2, 0.25) is 0 Å². The Labute approximate surface area is 217 Å². The summed E-state index contributed by atoms with van der Waals surface area (Å²) in [4.78, 5) is 27.2. The smallest absolute Gasteiger partial charge is 0.266 e. The number of hydrogen-bond donors (Lipinski definition) is 1. The highest BCUT2D eigenvalue weighted by Gasteiger charge is 2.31. The van der Waals surface area contributed by atoms with Crippen molar-refractivity contribution in [1.29, 1.82) is 0 Å². The summed E-state index contributed by atoms with van der Waals surface area (Å²) in [6.07, 6.45) is 4.64. The number of thioether (sulfide) groups is 1. The van der Waals surface area contributed by atoms with Crippen molar-refractivity contribution in [3.8, 4) is 11.5 Å². The van der Waals surface area contributed by atoms with Gasteiger partial charge in [0, 0.05) is 22.2 Å². The summed E-state index contributed by atoms with van der Waals surface area (Å²) in [6, 6.07) is 13.2. The van der Waals surface area contributed by atoms with Gasteiger partial charge in [-0.15, -0.1) is 0 Å². The van der Waals surface area contributed by atoms with E-state index in [-0.39, 0.29) is 11.8 Å². The van der Waals surface area contributed by atoms with Crippen molar-refractivity contribution < 1.29 is 19.1 Å². The van der Waals surface area contributed by atoms with Gasteiger partial charge >= 0.3 is 0 Å². The zero-order valence-electron chi connectivity index (χ0n) is 18.4. The second-order valence-electron chi connectivity index (χ2n) is 7.32. The average molecular weight is 597 g/mol.